The summed E-state index contributed by atoms with van der Waals surface area (Å²) < 4.78 is 72.3. The van der Waals surface area contributed by atoms with Crippen LogP contribution in [0.25, 0.3) is 0 Å². The second kappa shape index (κ2) is 11.6. The molecule has 0 spiro atoms. The lowest BCUT2D eigenvalue weighted by Gasteiger charge is -2.33. The van der Waals surface area contributed by atoms with Gasteiger partial charge in [-0.1, -0.05) is 18.2 Å². The number of nitrogens with zero attached hydrogens (tertiary/aromatic N) is 2. The molecule has 0 bridgehead atoms. The summed E-state index contributed by atoms with van der Waals surface area (Å²) in [7, 11) is -2.13. The Bertz CT molecular complexity index is 1250. The van der Waals surface area contributed by atoms with Gasteiger partial charge in [-0.15, -0.1) is 0 Å². The third kappa shape index (κ3) is 7.25. The molecule has 38 heavy (non-hydrogen) atoms. The predicted octanol–water partition coefficient (Wildman–Crippen LogP) is 3.15. The average Bonchev–Trinajstić information content (AvgIpc) is 2.84. The van der Waals surface area contributed by atoms with Gasteiger partial charge in [-0.05, 0) is 43.8 Å². The van der Waals surface area contributed by atoms with E-state index in [1.807, 2.05) is 18.2 Å². The van der Waals surface area contributed by atoms with Crippen molar-refractivity contribution in [3.8, 4) is 5.75 Å². The molecule has 2 N–H and O–H groups in total. The number of sulfonamides is 1. The van der Waals surface area contributed by atoms with Gasteiger partial charge in [-0.25, -0.2) is 13.1 Å². The van der Waals surface area contributed by atoms with Crippen LogP contribution >= 0.6 is 0 Å². The summed E-state index contributed by atoms with van der Waals surface area (Å²) in [6.07, 6.45) is -4.27. The summed E-state index contributed by atoms with van der Waals surface area (Å²) in [5.74, 6) is 0.357. The van der Waals surface area contributed by atoms with Gasteiger partial charge in [0.1, 0.15) is 5.75 Å². The topological polar surface area (TPSA) is 91.0 Å². The summed E-state index contributed by atoms with van der Waals surface area (Å²) in [6.45, 7) is 6.83. The molecular formula is C26H33F3N4O4S. The van der Waals surface area contributed by atoms with E-state index in [2.05, 4.69) is 26.9 Å². The van der Waals surface area contributed by atoms with Gasteiger partial charge in [0.25, 0.3) is 0 Å². The number of carbonyl (C=O) groups excluding carboxylic acids is 1. The third-order valence-corrected chi connectivity index (χ3v) is 8.36. The molecule has 0 saturated carbocycles. The van der Waals surface area contributed by atoms with Crippen LogP contribution in [-0.4, -0.2) is 70.0 Å². The number of alkyl halides is 3. The van der Waals surface area contributed by atoms with Crippen molar-refractivity contribution in [2.75, 3.05) is 39.8 Å². The van der Waals surface area contributed by atoms with Gasteiger partial charge in [0.05, 0.1) is 23.1 Å². The standard InChI is InChI=1S/C26H33F3N4O4S/c1-18(31-38(35,36)21-5-3-4-20(16-21)26(27,28)29)14-25(34)30-23-8-13-37-24-15-19(6-7-22(23)24)17-33-11-9-32(2)10-12-33/h3-7,15-16,18,23,31H,8-14,17H2,1-2H3,(H,30,34)/t18-,23+/m0/s1. The van der Waals surface area contributed by atoms with Gasteiger partial charge in [0.2, 0.25) is 15.9 Å². The lowest BCUT2D eigenvalue weighted by molar-refractivity contribution is -0.137. The van der Waals surface area contributed by atoms with Crippen LogP contribution in [-0.2, 0) is 27.5 Å². The van der Waals surface area contributed by atoms with Crippen molar-refractivity contribution in [3.05, 3.63) is 59.2 Å². The van der Waals surface area contributed by atoms with Crippen molar-refractivity contribution in [2.45, 2.75) is 49.5 Å². The number of piperazine rings is 1. The Morgan fingerprint density at radius 1 is 1.13 bits per heavy atom. The van der Waals surface area contributed by atoms with E-state index in [0.717, 1.165) is 67.8 Å². The molecule has 0 radical (unpaired) electrons. The lowest BCUT2D eigenvalue weighted by Crippen LogP contribution is -2.43. The molecular weight excluding hydrogens is 521 g/mol. The van der Waals surface area contributed by atoms with Gasteiger partial charge in [-0.3, -0.25) is 9.69 Å². The van der Waals surface area contributed by atoms with E-state index in [1.165, 1.54) is 6.92 Å². The molecule has 0 unspecified atom stereocenters. The van der Waals surface area contributed by atoms with E-state index in [4.69, 9.17) is 4.74 Å². The van der Waals surface area contributed by atoms with Gasteiger partial charge >= 0.3 is 6.18 Å². The van der Waals surface area contributed by atoms with Crippen molar-refractivity contribution in [1.29, 1.82) is 0 Å². The fraction of sp³-hybridized carbons (Fsp3) is 0.500. The third-order valence-electron chi connectivity index (χ3n) is 6.77. The zero-order valence-corrected chi connectivity index (χ0v) is 22.2. The van der Waals surface area contributed by atoms with Crippen molar-refractivity contribution in [2.24, 2.45) is 0 Å². The van der Waals surface area contributed by atoms with Crippen LogP contribution in [0.5, 0.6) is 5.75 Å². The summed E-state index contributed by atoms with van der Waals surface area (Å²) in [4.78, 5) is 16.9. The maximum absolute atomic E-state index is 13.0. The maximum Gasteiger partial charge on any atom is 0.416 e. The predicted molar refractivity (Wildman–Crippen MR) is 136 cm³/mol. The average molecular weight is 555 g/mol. The Balaban J connectivity index is 1.34. The Morgan fingerprint density at radius 3 is 2.58 bits per heavy atom. The number of likely N-dealkylation sites (N-methyl/N-ethyl adjacent to an activating group) is 1. The molecule has 12 heteroatoms. The highest BCUT2D eigenvalue weighted by Crippen LogP contribution is 2.33. The molecule has 2 aliphatic rings. The zero-order valence-electron chi connectivity index (χ0n) is 21.4. The lowest BCUT2D eigenvalue weighted by atomic mass is 9.98. The summed E-state index contributed by atoms with van der Waals surface area (Å²) in [6, 6.07) is 8.40. The van der Waals surface area contributed by atoms with E-state index in [-0.39, 0.29) is 18.4 Å². The van der Waals surface area contributed by atoms with Crippen LogP contribution in [0.15, 0.2) is 47.4 Å². The molecule has 208 valence electrons. The van der Waals surface area contributed by atoms with E-state index in [0.29, 0.717) is 19.1 Å². The number of ether oxygens (including phenoxy) is 1. The highest BCUT2D eigenvalue weighted by atomic mass is 32.2. The molecule has 1 saturated heterocycles. The fourth-order valence-corrected chi connectivity index (χ4v) is 5.98. The number of hydrogen-bond acceptors (Lipinski definition) is 6. The number of nitrogens with one attached hydrogen (secondary N) is 2. The normalized spacial score (nSPS) is 19.9. The van der Waals surface area contributed by atoms with Crippen LogP contribution in [0.4, 0.5) is 13.2 Å². The van der Waals surface area contributed by atoms with Gasteiger partial charge in [0, 0.05) is 57.2 Å². The largest absolute Gasteiger partial charge is 0.493 e. The quantitative estimate of drug-likeness (QED) is 0.521. The van der Waals surface area contributed by atoms with Crippen LogP contribution in [0.3, 0.4) is 0 Å². The fourth-order valence-electron chi connectivity index (χ4n) is 4.69. The minimum absolute atomic E-state index is 0.174. The number of rotatable bonds is 8. The van der Waals surface area contributed by atoms with Crippen LogP contribution in [0, 0.1) is 0 Å². The molecule has 1 fully saturated rings. The van der Waals surface area contributed by atoms with E-state index in [9.17, 15) is 26.4 Å². The molecule has 0 aliphatic carbocycles. The van der Waals surface area contributed by atoms with Crippen LogP contribution < -0.4 is 14.8 Å². The van der Waals surface area contributed by atoms with Crippen molar-refractivity contribution < 1.29 is 31.1 Å². The van der Waals surface area contributed by atoms with E-state index in [1.54, 1.807) is 0 Å². The molecule has 2 aromatic carbocycles. The Morgan fingerprint density at radius 2 is 1.87 bits per heavy atom. The first kappa shape index (κ1) is 28.3. The van der Waals surface area contributed by atoms with Crippen LogP contribution in [0.2, 0.25) is 0 Å². The highest BCUT2D eigenvalue weighted by molar-refractivity contribution is 7.89. The molecule has 8 nitrogen and oxygen atoms in total. The molecule has 0 aromatic heterocycles. The van der Waals surface area contributed by atoms with E-state index < -0.39 is 32.7 Å². The van der Waals surface area contributed by atoms with Gasteiger partial charge < -0.3 is 15.0 Å². The molecule has 1 amide bonds. The summed E-state index contributed by atoms with van der Waals surface area (Å²) in [5, 5.41) is 2.95. The first-order chi connectivity index (χ1) is 17.9. The first-order valence-corrected chi connectivity index (χ1v) is 14.0. The molecule has 4 rings (SSSR count). The van der Waals surface area contributed by atoms with Crippen molar-refractivity contribution in [3.63, 3.8) is 0 Å². The molecule has 2 atom stereocenters. The van der Waals surface area contributed by atoms with E-state index >= 15 is 0 Å². The molecule has 2 aromatic rings. The van der Waals surface area contributed by atoms with Crippen LogP contribution in [0.1, 0.15) is 42.5 Å². The SMILES string of the molecule is C[C@@H](CC(=O)N[C@@H]1CCOc2cc(CN3CCN(C)CC3)ccc21)NS(=O)(=O)c1cccc(C(F)(F)F)c1. The second-order valence-corrected chi connectivity index (χ2v) is 11.7. The monoisotopic (exact) mass is 554 g/mol. The molecule has 2 heterocycles. The number of carbonyl (C=O) groups is 1. The number of hydrogen-bond donors (Lipinski definition) is 2. The van der Waals surface area contributed by atoms with Crippen molar-refractivity contribution in [1.82, 2.24) is 19.8 Å². The number of benzene rings is 2. The maximum atomic E-state index is 13.0. The van der Waals surface area contributed by atoms with Gasteiger partial charge in [-0.2, -0.15) is 13.2 Å². The Hall–Kier alpha value is -2.67. The number of amides is 1. The summed E-state index contributed by atoms with van der Waals surface area (Å²) in [5.41, 5.74) is 0.942. The first-order valence-electron chi connectivity index (χ1n) is 12.6. The minimum Gasteiger partial charge on any atom is -0.493 e. The Labute approximate surface area is 221 Å². The number of fused-ring (bicyclic) bond motifs is 1. The highest BCUT2D eigenvalue weighted by Gasteiger charge is 2.32. The van der Waals surface area contributed by atoms with Crippen molar-refractivity contribution >= 4 is 15.9 Å². The minimum atomic E-state index is -4.66. The molecule has 2 aliphatic heterocycles. The Kier molecular flexibility index (Phi) is 8.65. The zero-order chi connectivity index (χ0) is 27.5. The second-order valence-electron chi connectivity index (χ2n) is 9.96. The smallest absolute Gasteiger partial charge is 0.416 e. The number of halogens is 3. The van der Waals surface area contributed by atoms with Gasteiger partial charge in [0.15, 0.2) is 0 Å². The summed E-state index contributed by atoms with van der Waals surface area (Å²) >= 11 is 0.